The molecule has 98 valence electrons. The first kappa shape index (κ1) is 13.0. The average molecular weight is 249 g/mol. The Hall–Kier alpha value is -1.43. The number of likely N-dealkylation sites (tertiary alicyclic amines) is 1. The van der Waals surface area contributed by atoms with E-state index in [4.69, 9.17) is 5.84 Å². The summed E-state index contributed by atoms with van der Waals surface area (Å²) in [6.45, 7) is 2.76. The number of nitrogens with one attached hydrogen (secondary N) is 1. The minimum absolute atomic E-state index is 0.319. The zero-order chi connectivity index (χ0) is 12.8. The number of hydrogen-bond donors (Lipinski definition) is 2. The molecule has 1 aliphatic heterocycles. The van der Waals surface area contributed by atoms with E-state index in [1.165, 1.54) is 5.56 Å². The molecule has 0 bridgehead atoms. The molecule has 0 spiro atoms. The van der Waals surface area contributed by atoms with Crippen LogP contribution in [0.15, 0.2) is 30.3 Å². The molecule has 1 aromatic rings. The van der Waals surface area contributed by atoms with Crippen molar-refractivity contribution in [1.82, 2.24) is 10.5 Å². The van der Waals surface area contributed by atoms with Gasteiger partial charge < -0.3 is 9.74 Å². The van der Waals surface area contributed by atoms with Gasteiger partial charge in [-0.05, 0) is 24.4 Å². The molecule has 18 heavy (non-hydrogen) atoms. The standard InChI is InChI=1S/C13H19N3O2/c14-15-18-13(17)7-9-16-8-6-12(10-16)11-4-2-1-3-5-11/h1-5,12,15H,6-10,14H2. The number of carbonyl (C=O) groups excluding carboxylic acids is 1. The van der Waals surface area contributed by atoms with Crippen molar-refractivity contribution in [3.63, 3.8) is 0 Å². The van der Waals surface area contributed by atoms with Gasteiger partial charge in [0.2, 0.25) is 0 Å². The Morgan fingerprint density at radius 2 is 2.22 bits per heavy atom. The van der Waals surface area contributed by atoms with E-state index in [-0.39, 0.29) is 5.97 Å². The van der Waals surface area contributed by atoms with Crippen molar-refractivity contribution < 1.29 is 9.63 Å². The summed E-state index contributed by atoms with van der Waals surface area (Å²) in [6, 6.07) is 10.5. The summed E-state index contributed by atoms with van der Waals surface area (Å²) in [5.74, 6) is 5.16. The lowest BCUT2D eigenvalue weighted by Gasteiger charge is -2.15. The van der Waals surface area contributed by atoms with Crippen molar-refractivity contribution in [2.24, 2.45) is 5.84 Å². The topological polar surface area (TPSA) is 67.6 Å². The number of nitrogens with two attached hydrogens (primary N) is 1. The Bertz CT molecular complexity index is 383. The molecule has 0 saturated carbocycles. The van der Waals surface area contributed by atoms with Gasteiger partial charge in [0, 0.05) is 13.1 Å². The van der Waals surface area contributed by atoms with Crippen molar-refractivity contribution >= 4 is 5.97 Å². The smallest absolute Gasteiger partial charge is 0.327 e. The van der Waals surface area contributed by atoms with E-state index in [9.17, 15) is 4.79 Å². The number of rotatable bonds is 5. The van der Waals surface area contributed by atoms with Crippen LogP contribution in [-0.4, -0.2) is 30.5 Å². The second-order valence-electron chi connectivity index (χ2n) is 4.54. The third-order valence-corrected chi connectivity index (χ3v) is 3.35. The third-order valence-electron chi connectivity index (χ3n) is 3.35. The monoisotopic (exact) mass is 249 g/mol. The first-order valence-corrected chi connectivity index (χ1v) is 6.22. The number of carbonyl (C=O) groups is 1. The van der Waals surface area contributed by atoms with E-state index >= 15 is 0 Å². The van der Waals surface area contributed by atoms with E-state index in [0.717, 1.165) is 26.1 Å². The Labute approximate surface area is 107 Å². The zero-order valence-electron chi connectivity index (χ0n) is 10.3. The molecular weight excluding hydrogens is 230 g/mol. The third kappa shape index (κ3) is 3.53. The first-order chi connectivity index (χ1) is 8.79. The Kier molecular flexibility index (Phi) is 4.69. The van der Waals surface area contributed by atoms with Gasteiger partial charge in [-0.15, -0.1) is 0 Å². The van der Waals surface area contributed by atoms with Crippen LogP contribution in [0, 0.1) is 0 Å². The van der Waals surface area contributed by atoms with Crippen molar-refractivity contribution in [2.45, 2.75) is 18.8 Å². The van der Waals surface area contributed by atoms with E-state index < -0.39 is 0 Å². The Morgan fingerprint density at radius 3 is 2.94 bits per heavy atom. The number of benzene rings is 1. The predicted molar refractivity (Wildman–Crippen MR) is 68.3 cm³/mol. The van der Waals surface area contributed by atoms with Crippen LogP contribution in [0.4, 0.5) is 0 Å². The van der Waals surface area contributed by atoms with Crippen LogP contribution in [0.1, 0.15) is 24.3 Å². The summed E-state index contributed by atoms with van der Waals surface area (Å²) < 4.78 is 0. The summed E-state index contributed by atoms with van der Waals surface area (Å²) in [6.07, 6.45) is 1.51. The van der Waals surface area contributed by atoms with Gasteiger partial charge in [-0.3, -0.25) is 4.79 Å². The fraction of sp³-hybridized carbons (Fsp3) is 0.462. The van der Waals surface area contributed by atoms with Crippen LogP contribution in [0.3, 0.4) is 0 Å². The predicted octanol–water partition coefficient (Wildman–Crippen LogP) is 0.787. The van der Waals surface area contributed by atoms with Crippen LogP contribution in [0.25, 0.3) is 0 Å². The lowest BCUT2D eigenvalue weighted by molar-refractivity contribution is -0.151. The van der Waals surface area contributed by atoms with E-state index in [1.807, 2.05) is 11.7 Å². The summed E-state index contributed by atoms with van der Waals surface area (Å²) >= 11 is 0. The van der Waals surface area contributed by atoms with Crippen LogP contribution >= 0.6 is 0 Å². The number of hydrogen-bond acceptors (Lipinski definition) is 5. The molecule has 1 fully saturated rings. The fourth-order valence-corrected chi connectivity index (χ4v) is 2.40. The zero-order valence-corrected chi connectivity index (χ0v) is 10.3. The summed E-state index contributed by atoms with van der Waals surface area (Å²) in [5, 5.41) is 0. The Morgan fingerprint density at radius 1 is 1.44 bits per heavy atom. The molecule has 1 aliphatic rings. The van der Waals surface area contributed by atoms with Gasteiger partial charge >= 0.3 is 5.97 Å². The maximum atomic E-state index is 11.2. The molecule has 1 saturated heterocycles. The van der Waals surface area contributed by atoms with Crippen molar-refractivity contribution in [3.05, 3.63) is 35.9 Å². The van der Waals surface area contributed by atoms with Crippen molar-refractivity contribution in [2.75, 3.05) is 19.6 Å². The molecule has 1 heterocycles. The van der Waals surface area contributed by atoms with Crippen molar-refractivity contribution in [1.29, 1.82) is 0 Å². The minimum atomic E-state index is -0.319. The highest BCUT2D eigenvalue weighted by atomic mass is 16.7. The maximum absolute atomic E-state index is 11.2. The van der Waals surface area contributed by atoms with Gasteiger partial charge in [0.15, 0.2) is 0 Å². The second kappa shape index (κ2) is 6.49. The van der Waals surface area contributed by atoms with E-state index in [2.05, 4.69) is 34.0 Å². The normalized spacial score (nSPS) is 19.9. The summed E-state index contributed by atoms with van der Waals surface area (Å²) in [7, 11) is 0. The van der Waals surface area contributed by atoms with Gasteiger partial charge in [0.05, 0.1) is 6.42 Å². The SMILES string of the molecule is NNOC(=O)CCN1CCC(c2ccccc2)C1. The Balaban J connectivity index is 1.77. The van der Waals surface area contributed by atoms with Crippen LogP contribution < -0.4 is 11.4 Å². The van der Waals surface area contributed by atoms with Crippen LogP contribution in [0.5, 0.6) is 0 Å². The van der Waals surface area contributed by atoms with Crippen molar-refractivity contribution in [3.8, 4) is 0 Å². The van der Waals surface area contributed by atoms with Crippen LogP contribution in [0.2, 0.25) is 0 Å². The highest BCUT2D eigenvalue weighted by Crippen LogP contribution is 2.26. The number of nitrogens with zero attached hydrogens (tertiary/aromatic N) is 1. The maximum Gasteiger partial charge on any atom is 0.327 e. The highest BCUT2D eigenvalue weighted by molar-refractivity contribution is 5.69. The van der Waals surface area contributed by atoms with Gasteiger partial charge in [0.1, 0.15) is 0 Å². The summed E-state index contributed by atoms with van der Waals surface area (Å²) in [4.78, 5) is 17.9. The van der Waals surface area contributed by atoms with Crippen LogP contribution in [-0.2, 0) is 9.63 Å². The molecule has 5 nitrogen and oxygen atoms in total. The number of hydrazine groups is 1. The van der Waals surface area contributed by atoms with E-state index in [1.54, 1.807) is 0 Å². The van der Waals surface area contributed by atoms with Gasteiger partial charge in [-0.25, -0.2) is 5.84 Å². The summed E-state index contributed by atoms with van der Waals surface area (Å²) in [5.41, 5.74) is 3.29. The molecule has 0 radical (unpaired) electrons. The fourth-order valence-electron chi connectivity index (χ4n) is 2.40. The molecule has 1 unspecified atom stereocenters. The highest BCUT2D eigenvalue weighted by Gasteiger charge is 2.23. The minimum Gasteiger partial charge on any atom is -0.356 e. The second-order valence-corrected chi connectivity index (χ2v) is 4.54. The quantitative estimate of drug-likeness (QED) is 0.596. The lowest BCUT2D eigenvalue weighted by Crippen LogP contribution is -2.29. The average Bonchev–Trinajstić information content (AvgIpc) is 2.87. The molecule has 1 atom stereocenters. The van der Waals surface area contributed by atoms with E-state index in [0.29, 0.717) is 12.3 Å². The molecule has 0 aliphatic carbocycles. The van der Waals surface area contributed by atoms with Gasteiger partial charge in [-0.2, -0.15) is 0 Å². The molecule has 0 aromatic heterocycles. The molecule has 2 rings (SSSR count). The largest absolute Gasteiger partial charge is 0.356 e. The lowest BCUT2D eigenvalue weighted by atomic mass is 9.99. The molecule has 5 heteroatoms. The molecule has 3 N–H and O–H groups in total. The molecule has 0 amide bonds. The molecule has 1 aromatic carbocycles. The van der Waals surface area contributed by atoms with Gasteiger partial charge in [0.25, 0.3) is 0 Å². The molecular formula is C13H19N3O2. The van der Waals surface area contributed by atoms with Gasteiger partial charge in [-0.1, -0.05) is 35.9 Å². The first-order valence-electron chi connectivity index (χ1n) is 6.22.